The Labute approximate surface area is 178 Å². The number of sulfonamides is 1. The molecule has 0 unspecified atom stereocenters. The van der Waals surface area contributed by atoms with Crippen LogP contribution in [0.1, 0.15) is 43.6 Å². The van der Waals surface area contributed by atoms with Gasteiger partial charge in [-0.25, -0.2) is 27.1 Å². The van der Waals surface area contributed by atoms with Gasteiger partial charge in [0, 0.05) is 12.5 Å². The first kappa shape index (κ1) is 22.9. The molecule has 1 aromatic heterocycles. The van der Waals surface area contributed by atoms with Crippen molar-refractivity contribution in [3.05, 3.63) is 68.5 Å². The number of hydrogen-bond donors (Lipinski definition) is 3. The Balaban J connectivity index is 1.50. The van der Waals surface area contributed by atoms with E-state index < -0.39 is 33.3 Å². The van der Waals surface area contributed by atoms with Crippen LogP contribution in [0.5, 0.6) is 5.75 Å². The van der Waals surface area contributed by atoms with Crippen LogP contribution in [0, 0.1) is 11.7 Å². The van der Waals surface area contributed by atoms with E-state index >= 15 is 0 Å². The van der Waals surface area contributed by atoms with Gasteiger partial charge in [0.05, 0.1) is 12.4 Å². The Kier molecular flexibility index (Phi) is 7.39. The lowest BCUT2D eigenvalue weighted by Gasteiger charge is -2.16. The molecular weight excluding hydrogens is 427 g/mol. The van der Waals surface area contributed by atoms with Crippen molar-refractivity contribution in [2.75, 3.05) is 12.4 Å². The van der Waals surface area contributed by atoms with Crippen molar-refractivity contribution in [3.63, 3.8) is 0 Å². The third-order valence-electron chi connectivity index (χ3n) is 4.73. The van der Waals surface area contributed by atoms with Gasteiger partial charge in [-0.15, -0.1) is 0 Å². The number of aromatic amines is 2. The minimum absolute atomic E-state index is 0.129. The first-order valence-corrected chi connectivity index (χ1v) is 11.6. The average Bonchev–Trinajstić information content (AvgIpc) is 3.50. The molecule has 1 fully saturated rings. The Morgan fingerprint density at radius 1 is 1.29 bits per heavy atom. The van der Waals surface area contributed by atoms with Crippen molar-refractivity contribution in [2.45, 2.75) is 38.6 Å². The fraction of sp³-hybridized carbons (Fsp3) is 0.450. The summed E-state index contributed by atoms with van der Waals surface area (Å²) in [6.45, 7) is 2.15. The minimum Gasteiger partial charge on any atom is -0.490 e. The lowest BCUT2D eigenvalue weighted by Crippen LogP contribution is -2.29. The molecule has 1 atom stereocenters. The number of nitrogens with one attached hydrogen (secondary N) is 3. The SMILES string of the molecule is C[C@@H](NS(=O)(=O)CC/C=C/Cc1nc(=O)[nH]c(=O)[nH]1)c1ccc(F)c(OCC2CC2)c1. The van der Waals surface area contributed by atoms with Crippen LogP contribution in [0.3, 0.4) is 0 Å². The van der Waals surface area contributed by atoms with Crippen LogP contribution in [-0.2, 0) is 16.4 Å². The Morgan fingerprint density at radius 2 is 2.06 bits per heavy atom. The van der Waals surface area contributed by atoms with E-state index in [2.05, 4.69) is 14.7 Å². The Bertz CT molecular complexity index is 1130. The van der Waals surface area contributed by atoms with E-state index in [1.54, 1.807) is 19.1 Å². The summed E-state index contributed by atoms with van der Waals surface area (Å²) in [6.07, 6.45) is 5.86. The summed E-state index contributed by atoms with van der Waals surface area (Å²) >= 11 is 0. The molecule has 1 saturated carbocycles. The minimum atomic E-state index is -3.59. The number of rotatable bonds is 11. The van der Waals surface area contributed by atoms with E-state index in [4.69, 9.17) is 4.74 Å². The first-order chi connectivity index (χ1) is 14.7. The number of ether oxygens (including phenoxy) is 1. The van der Waals surface area contributed by atoms with E-state index in [0.29, 0.717) is 18.1 Å². The summed E-state index contributed by atoms with van der Waals surface area (Å²) in [5.74, 6) is 0.172. The maximum absolute atomic E-state index is 13.9. The zero-order valence-corrected chi connectivity index (χ0v) is 17.9. The number of aromatic nitrogens is 3. The highest BCUT2D eigenvalue weighted by Gasteiger charge is 2.23. The predicted molar refractivity (Wildman–Crippen MR) is 113 cm³/mol. The fourth-order valence-corrected chi connectivity index (χ4v) is 4.10. The van der Waals surface area contributed by atoms with Gasteiger partial charge in [-0.2, -0.15) is 4.98 Å². The zero-order chi connectivity index (χ0) is 22.4. The summed E-state index contributed by atoms with van der Waals surface area (Å²) in [5.41, 5.74) is -0.781. The van der Waals surface area contributed by atoms with Crippen molar-refractivity contribution in [2.24, 2.45) is 5.92 Å². The number of allylic oxidation sites excluding steroid dienone is 2. The maximum Gasteiger partial charge on any atom is 0.350 e. The molecule has 0 bridgehead atoms. The van der Waals surface area contributed by atoms with Gasteiger partial charge in [-0.1, -0.05) is 18.2 Å². The monoisotopic (exact) mass is 452 g/mol. The summed E-state index contributed by atoms with van der Waals surface area (Å²) in [6, 6.07) is 3.78. The maximum atomic E-state index is 13.9. The molecule has 11 heteroatoms. The van der Waals surface area contributed by atoms with Crippen LogP contribution < -0.4 is 20.8 Å². The second-order valence-electron chi connectivity index (χ2n) is 7.51. The molecule has 3 N–H and O–H groups in total. The van der Waals surface area contributed by atoms with Gasteiger partial charge in [0.2, 0.25) is 10.0 Å². The van der Waals surface area contributed by atoms with Gasteiger partial charge < -0.3 is 4.74 Å². The van der Waals surface area contributed by atoms with Gasteiger partial charge in [-0.3, -0.25) is 9.97 Å². The van der Waals surface area contributed by atoms with Crippen molar-refractivity contribution < 1.29 is 17.5 Å². The molecule has 1 aromatic carbocycles. The van der Waals surface area contributed by atoms with Crippen molar-refractivity contribution in [3.8, 4) is 5.75 Å². The zero-order valence-electron chi connectivity index (χ0n) is 17.1. The van der Waals surface area contributed by atoms with Gasteiger partial charge in [0.15, 0.2) is 11.6 Å². The summed E-state index contributed by atoms with van der Waals surface area (Å²) in [5, 5.41) is 0. The van der Waals surface area contributed by atoms with Gasteiger partial charge >= 0.3 is 11.4 Å². The van der Waals surface area contributed by atoms with Gasteiger partial charge in [0.25, 0.3) is 0 Å². The second-order valence-corrected chi connectivity index (χ2v) is 9.38. The first-order valence-electron chi connectivity index (χ1n) is 9.98. The summed E-state index contributed by atoms with van der Waals surface area (Å²) < 4.78 is 46.7. The molecule has 0 saturated heterocycles. The normalized spacial score (nSPS) is 15.3. The van der Waals surface area contributed by atoms with E-state index in [-0.39, 0.29) is 30.2 Å². The predicted octanol–water partition coefficient (Wildman–Crippen LogP) is 1.56. The number of hydrogen-bond acceptors (Lipinski definition) is 6. The van der Waals surface area contributed by atoms with Crippen LogP contribution >= 0.6 is 0 Å². The van der Waals surface area contributed by atoms with Crippen LogP contribution in [-0.4, -0.2) is 35.7 Å². The quantitative estimate of drug-likeness (QED) is 0.443. The van der Waals surface area contributed by atoms with Crippen molar-refractivity contribution in [1.29, 1.82) is 0 Å². The molecule has 9 nitrogen and oxygen atoms in total. The number of benzene rings is 1. The average molecular weight is 453 g/mol. The van der Waals surface area contributed by atoms with Crippen LogP contribution in [0.25, 0.3) is 0 Å². The molecule has 31 heavy (non-hydrogen) atoms. The molecule has 1 heterocycles. The molecule has 0 amide bonds. The molecule has 0 spiro atoms. The standard InChI is InChI=1S/C20H25FN4O5S/c1-13(15-8-9-16(21)17(11-15)30-12-14-6-7-14)25-31(28,29)10-4-2-3-5-18-22-19(26)24-20(27)23-18/h2-3,8-9,11,13-14,25H,4-7,10,12H2,1H3,(H2,22,23,24,26,27)/b3-2+/t13-/m1/s1. The third kappa shape index (κ3) is 7.44. The number of halogens is 1. The lowest BCUT2D eigenvalue weighted by atomic mass is 10.1. The smallest absolute Gasteiger partial charge is 0.350 e. The molecule has 0 aliphatic heterocycles. The molecule has 2 aromatic rings. The third-order valence-corrected chi connectivity index (χ3v) is 6.21. The van der Waals surface area contributed by atoms with E-state index in [1.807, 2.05) is 4.98 Å². The van der Waals surface area contributed by atoms with Crippen LogP contribution in [0.15, 0.2) is 39.9 Å². The highest BCUT2D eigenvalue weighted by atomic mass is 32.2. The van der Waals surface area contributed by atoms with Crippen LogP contribution in [0.4, 0.5) is 4.39 Å². The van der Waals surface area contributed by atoms with E-state index in [0.717, 1.165) is 12.8 Å². The highest BCUT2D eigenvalue weighted by molar-refractivity contribution is 7.89. The highest BCUT2D eigenvalue weighted by Crippen LogP contribution is 2.31. The van der Waals surface area contributed by atoms with Crippen molar-refractivity contribution >= 4 is 10.0 Å². The Morgan fingerprint density at radius 3 is 2.77 bits per heavy atom. The van der Waals surface area contributed by atoms with Gasteiger partial charge in [0.1, 0.15) is 5.82 Å². The molecule has 0 radical (unpaired) electrons. The fourth-order valence-electron chi connectivity index (χ4n) is 2.86. The summed E-state index contributed by atoms with van der Waals surface area (Å²) in [4.78, 5) is 30.3. The largest absolute Gasteiger partial charge is 0.490 e. The number of nitrogens with zero attached hydrogens (tertiary/aromatic N) is 1. The van der Waals surface area contributed by atoms with Gasteiger partial charge in [-0.05, 0) is 49.8 Å². The topological polar surface area (TPSA) is 134 Å². The van der Waals surface area contributed by atoms with Crippen molar-refractivity contribution in [1.82, 2.24) is 19.7 Å². The lowest BCUT2D eigenvalue weighted by molar-refractivity contribution is 0.285. The summed E-state index contributed by atoms with van der Waals surface area (Å²) in [7, 11) is -3.59. The second kappa shape index (κ2) is 10.0. The Hall–Kier alpha value is -2.79. The number of H-pyrrole nitrogens is 2. The molecule has 3 rings (SSSR count). The molecule has 1 aliphatic carbocycles. The molecule has 168 valence electrons. The molecule has 1 aliphatic rings. The van der Waals surface area contributed by atoms with E-state index in [1.165, 1.54) is 18.2 Å². The molecular formula is C20H25FN4O5S. The van der Waals surface area contributed by atoms with Crippen LogP contribution in [0.2, 0.25) is 0 Å². The van der Waals surface area contributed by atoms with E-state index in [9.17, 15) is 22.4 Å².